The number of hydrogen-bond acceptors (Lipinski definition) is 2. The second kappa shape index (κ2) is 4.96. The van der Waals surface area contributed by atoms with Gasteiger partial charge in [0, 0.05) is 5.70 Å². The highest BCUT2D eigenvalue weighted by atomic mass is 16.2. The number of amides is 1. The average Bonchev–Trinajstić information content (AvgIpc) is 2.87. The molecule has 2 N–H and O–H groups in total. The topological polar surface area (TPSA) is 57.8 Å². The van der Waals surface area contributed by atoms with Gasteiger partial charge < -0.3 is 10.3 Å². The summed E-state index contributed by atoms with van der Waals surface area (Å²) < 4.78 is 0. The number of nitrogens with one attached hydrogen (secondary N) is 2. The van der Waals surface area contributed by atoms with E-state index < -0.39 is 0 Å². The van der Waals surface area contributed by atoms with Crippen LogP contribution in [0.4, 0.5) is 0 Å². The van der Waals surface area contributed by atoms with Crippen molar-refractivity contribution in [1.29, 1.82) is 0 Å². The van der Waals surface area contributed by atoms with E-state index in [2.05, 4.69) is 28.3 Å². The molecule has 1 amide bonds. The summed E-state index contributed by atoms with van der Waals surface area (Å²) in [6.07, 6.45) is 5.14. The molecule has 1 aromatic heterocycles. The number of imidazole rings is 1. The summed E-state index contributed by atoms with van der Waals surface area (Å²) >= 11 is 0. The summed E-state index contributed by atoms with van der Waals surface area (Å²) in [6, 6.07) is 7.63. The first-order valence-corrected chi connectivity index (χ1v) is 6.78. The zero-order valence-corrected chi connectivity index (χ0v) is 11.6. The van der Waals surface area contributed by atoms with Crippen molar-refractivity contribution in [3.05, 3.63) is 53.5 Å². The number of carbonyl (C=O) groups is 1. The fourth-order valence-electron chi connectivity index (χ4n) is 2.51. The zero-order valence-electron chi connectivity index (χ0n) is 11.6. The normalized spacial score (nSPS) is 18.6. The molecule has 4 nitrogen and oxygen atoms in total. The maximum absolute atomic E-state index is 12.3. The van der Waals surface area contributed by atoms with Crippen LogP contribution in [-0.4, -0.2) is 15.9 Å². The lowest BCUT2D eigenvalue weighted by atomic mass is 9.94. The van der Waals surface area contributed by atoms with Crippen LogP contribution in [0.5, 0.6) is 0 Å². The molecule has 1 heterocycles. The summed E-state index contributed by atoms with van der Waals surface area (Å²) in [5.74, 6) is 0.499. The highest BCUT2D eigenvalue weighted by Crippen LogP contribution is 2.23. The van der Waals surface area contributed by atoms with E-state index >= 15 is 0 Å². The van der Waals surface area contributed by atoms with Crippen LogP contribution >= 0.6 is 0 Å². The van der Waals surface area contributed by atoms with Gasteiger partial charge in [-0.1, -0.05) is 31.2 Å². The lowest BCUT2D eigenvalue weighted by Gasteiger charge is -2.20. The quantitative estimate of drug-likeness (QED) is 0.878. The van der Waals surface area contributed by atoms with Crippen molar-refractivity contribution in [2.45, 2.75) is 20.3 Å². The average molecular weight is 267 g/mol. The van der Waals surface area contributed by atoms with Crippen molar-refractivity contribution in [3.63, 3.8) is 0 Å². The number of benzene rings is 1. The van der Waals surface area contributed by atoms with E-state index in [9.17, 15) is 4.79 Å². The summed E-state index contributed by atoms with van der Waals surface area (Å²) in [7, 11) is 0. The van der Waals surface area contributed by atoms with Gasteiger partial charge in [0.25, 0.3) is 5.91 Å². The zero-order chi connectivity index (χ0) is 14.1. The van der Waals surface area contributed by atoms with Gasteiger partial charge in [-0.2, -0.15) is 0 Å². The van der Waals surface area contributed by atoms with Crippen LogP contribution in [0.1, 0.15) is 30.9 Å². The fraction of sp³-hybridized carbons (Fsp3) is 0.250. The molecule has 4 heteroatoms. The maximum Gasteiger partial charge on any atom is 0.291 e. The molecule has 0 saturated carbocycles. The molecule has 1 aliphatic carbocycles. The number of fused-ring (bicyclic) bond motifs is 1. The Kier molecular flexibility index (Phi) is 3.14. The number of nitrogens with zero attached hydrogens (tertiary/aromatic N) is 1. The number of rotatable bonds is 2. The summed E-state index contributed by atoms with van der Waals surface area (Å²) in [4.78, 5) is 19.7. The number of H-pyrrole nitrogens is 1. The van der Waals surface area contributed by atoms with Crippen LogP contribution in [-0.2, 0) is 0 Å². The maximum atomic E-state index is 12.3. The fourth-order valence-corrected chi connectivity index (χ4v) is 2.51. The number of para-hydroxylation sites is 2. The van der Waals surface area contributed by atoms with Gasteiger partial charge >= 0.3 is 0 Å². The van der Waals surface area contributed by atoms with Crippen LogP contribution < -0.4 is 5.32 Å². The third-order valence-electron chi connectivity index (χ3n) is 3.63. The molecule has 0 spiro atoms. The Morgan fingerprint density at radius 3 is 2.95 bits per heavy atom. The van der Waals surface area contributed by atoms with Crippen molar-refractivity contribution < 1.29 is 4.79 Å². The summed E-state index contributed by atoms with van der Waals surface area (Å²) in [6.45, 7) is 4.13. The molecule has 2 aromatic rings. The Bertz CT molecular complexity index is 691. The highest BCUT2D eigenvalue weighted by molar-refractivity contribution is 5.95. The molecule has 3 rings (SSSR count). The van der Waals surface area contributed by atoms with Crippen LogP contribution in [0.15, 0.2) is 47.7 Å². The van der Waals surface area contributed by atoms with Gasteiger partial charge in [0.2, 0.25) is 0 Å². The highest BCUT2D eigenvalue weighted by Gasteiger charge is 2.18. The van der Waals surface area contributed by atoms with Crippen molar-refractivity contribution in [2.75, 3.05) is 0 Å². The number of carbonyl (C=O) groups excluding carboxylic acids is 1. The van der Waals surface area contributed by atoms with Crippen molar-refractivity contribution in [3.8, 4) is 0 Å². The Hall–Kier alpha value is -2.36. The van der Waals surface area contributed by atoms with E-state index in [0.29, 0.717) is 11.7 Å². The van der Waals surface area contributed by atoms with Crippen LogP contribution in [0.25, 0.3) is 11.0 Å². The standard InChI is InChI=1S/C16H17N3O/c1-10-6-5-7-11(2)14(10)19-16(20)15-17-12-8-3-4-9-13(12)18-15/h3-6,8-9,11H,7H2,1-2H3,(H,17,18)(H,19,20). The summed E-state index contributed by atoms with van der Waals surface area (Å²) in [5.41, 5.74) is 3.77. The molecule has 0 fully saturated rings. The number of aromatic amines is 1. The Labute approximate surface area is 117 Å². The Morgan fingerprint density at radius 1 is 1.40 bits per heavy atom. The smallest absolute Gasteiger partial charge is 0.291 e. The van der Waals surface area contributed by atoms with E-state index in [1.807, 2.05) is 37.3 Å². The van der Waals surface area contributed by atoms with Crippen molar-refractivity contribution >= 4 is 16.9 Å². The molecule has 1 aromatic carbocycles. The third kappa shape index (κ3) is 2.25. The van der Waals surface area contributed by atoms with Gasteiger partial charge in [-0.25, -0.2) is 4.98 Å². The lowest BCUT2D eigenvalue weighted by Crippen LogP contribution is -2.29. The molecule has 1 aliphatic rings. The molecule has 0 saturated heterocycles. The minimum absolute atomic E-state index is 0.183. The largest absolute Gasteiger partial charge is 0.334 e. The minimum Gasteiger partial charge on any atom is -0.334 e. The van der Waals surface area contributed by atoms with Gasteiger partial charge in [-0.15, -0.1) is 0 Å². The van der Waals surface area contributed by atoms with Crippen molar-refractivity contribution in [2.24, 2.45) is 5.92 Å². The minimum atomic E-state index is -0.183. The molecular weight excluding hydrogens is 250 g/mol. The summed E-state index contributed by atoms with van der Waals surface area (Å²) in [5, 5.41) is 2.99. The van der Waals surface area contributed by atoms with E-state index in [0.717, 1.165) is 28.7 Å². The molecule has 0 aliphatic heterocycles. The Morgan fingerprint density at radius 2 is 2.20 bits per heavy atom. The van der Waals surface area contributed by atoms with Gasteiger partial charge in [-0.3, -0.25) is 4.79 Å². The van der Waals surface area contributed by atoms with E-state index in [4.69, 9.17) is 0 Å². The SMILES string of the molecule is CC1=C(NC(=O)c2nc3ccccc3[nH]2)C(C)CC=C1. The first-order chi connectivity index (χ1) is 9.65. The van der Waals surface area contributed by atoms with Crippen LogP contribution in [0, 0.1) is 5.92 Å². The second-order valence-electron chi connectivity index (χ2n) is 5.19. The molecule has 102 valence electrons. The second-order valence-corrected chi connectivity index (χ2v) is 5.19. The van der Waals surface area contributed by atoms with Crippen LogP contribution in [0.2, 0.25) is 0 Å². The van der Waals surface area contributed by atoms with Gasteiger partial charge in [0.05, 0.1) is 11.0 Å². The molecule has 20 heavy (non-hydrogen) atoms. The van der Waals surface area contributed by atoms with Crippen molar-refractivity contribution in [1.82, 2.24) is 15.3 Å². The third-order valence-corrected chi connectivity index (χ3v) is 3.63. The number of hydrogen-bond donors (Lipinski definition) is 2. The number of aromatic nitrogens is 2. The molecule has 0 radical (unpaired) electrons. The van der Waals surface area contributed by atoms with Crippen LogP contribution in [0.3, 0.4) is 0 Å². The molecule has 1 atom stereocenters. The lowest BCUT2D eigenvalue weighted by molar-refractivity contribution is 0.0952. The first-order valence-electron chi connectivity index (χ1n) is 6.78. The van der Waals surface area contributed by atoms with E-state index in [1.54, 1.807) is 0 Å². The first kappa shape index (κ1) is 12.7. The molecule has 0 bridgehead atoms. The number of allylic oxidation sites excluding steroid dienone is 4. The predicted octanol–water partition coefficient (Wildman–Crippen LogP) is 3.16. The molecule has 1 unspecified atom stereocenters. The molecular formula is C16H17N3O. The van der Waals surface area contributed by atoms with Gasteiger partial charge in [0.15, 0.2) is 5.82 Å². The monoisotopic (exact) mass is 267 g/mol. The van der Waals surface area contributed by atoms with Gasteiger partial charge in [-0.05, 0) is 37.0 Å². The van der Waals surface area contributed by atoms with E-state index in [-0.39, 0.29) is 5.91 Å². The van der Waals surface area contributed by atoms with Gasteiger partial charge in [0.1, 0.15) is 0 Å². The predicted molar refractivity (Wildman–Crippen MR) is 79.2 cm³/mol. The Balaban J connectivity index is 1.87. The van der Waals surface area contributed by atoms with E-state index in [1.165, 1.54) is 0 Å².